The third kappa shape index (κ3) is 6.84. The Balaban J connectivity index is 0.676. The summed E-state index contributed by atoms with van der Waals surface area (Å²) < 4.78 is 49.7. The second-order valence-electron chi connectivity index (χ2n) is 17.9. The summed E-state index contributed by atoms with van der Waals surface area (Å²) >= 11 is 0. The number of hydrogen-bond donors (Lipinski definition) is 0. The Morgan fingerprint density at radius 3 is 1.25 bits per heavy atom. The lowest BCUT2D eigenvalue weighted by Gasteiger charge is -2.60. The lowest BCUT2D eigenvalue weighted by molar-refractivity contribution is -0.571. The predicted octanol–water partition coefficient (Wildman–Crippen LogP) is 6.33. The third-order valence-electron chi connectivity index (χ3n) is 14.8. The highest BCUT2D eigenvalue weighted by Gasteiger charge is 2.70. The van der Waals surface area contributed by atoms with Gasteiger partial charge < -0.3 is 37.9 Å². The molecule has 8 saturated heterocycles. The second-order valence-corrected chi connectivity index (χ2v) is 17.9. The van der Waals surface area contributed by atoms with Crippen molar-refractivity contribution in [2.45, 2.75) is 153 Å². The maximum atomic E-state index is 6.67. The van der Waals surface area contributed by atoms with Gasteiger partial charge in [0.05, 0.1) is 51.8 Å². The van der Waals surface area contributed by atoms with Crippen molar-refractivity contribution in [1.82, 2.24) is 0 Å². The molecule has 10 aliphatic rings. The molecule has 52 heavy (non-hydrogen) atoms. The van der Waals surface area contributed by atoms with Gasteiger partial charge in [-0.05, 0) is 101 Å². The number of hydrogen-bond acceptors (Lipinski definition) is 12. The maximum Gasteiger partial charge on any atom is 0.201 e. The van der Waals surface area contributed by atoms with Crippen LogP contribution >= 0.6 is 0 Å². The Bertz CT molecular complexity index is 1120. The van der Waals surface area contributed by atoms with E-state index in [1.807, 2.05) is 13.8 Å². The fourth-order valence-electron chi connectivity index (χ4n) is 11.8. The Labute approximate surface area is 310 Å². The van der Waals surface area contributed by atoms with Gasteiger partial charge in [0.15, 0.2) is 23.8 Å². The standard InChI is InChI=1S/C40H66O12/c1-25-7-9-31-27(3)33(45-35-39(31)29(25)11-15-37(5,47-35)49-51-39)13-17-41-19-21-43-23-24-44-22-20-42-18-14-34-28(4)32-10-8-26(2)30-12-16-38(6)48-36(46-34)40(30,32)52-50-38/h25-36H,7-24H2,1-6H3/t25-,26-,27-,28-,29+,30+,31+,32+,33-,34-,35-,36-,37+,38+,39-,40-/m1/s1. The van der Waals surface area contributed by atoms with Crippen molar-refractivity contribution in [1.29, 1.82) is 0 Å². The molecule has 10 rings (SSSR count). The van der Waals surface area contributed by atoms with Crippen molar-refractivity contribution in [3.05, 3.63) is 0 Å². The molecule has 16 atom stereocenters. The van der Waals surface area contributed by atoms with Crippen molar-refractivity contribution < 1.29 is 57.4 Å². The molecule has 298 valence electrons. The van der Waals surface area contributed by atoms with Gasteiger partial charge >= 0.3 is 0 Å². The van der Waals surface area contributed by atoms with Crippen LogP contribution in [-0.2, 0) is 57.4 Å². The van der Waals surface area contributed by atoms with Gasteiger partial charge in [0.25, 0.3) is 0 Å². The summed E-state index contributed by atoms with van der Waals surface area (Å²) in [6.45, 7) is 17.7. The molecular formula is C40H66O12. The first-order valence-electron chi connectivity index (χ1n) is 20.8. The van der Waals surface area contributed by atoms with Crippen LogP contribution in [0.5, 0.6) is 0 Å². The molecule has 0 unspecified atom stereocenters. The predicted molar refractivity (Wildman–Crippen MR) is 186 cm³/mol. The molecule has 8 aliphatic heterocycles. The smallest absolute Gasteiger partial charge is 0.201 e. The minimum absolute atomic E-state index is 0.0610. The van der Waals surface area contributed by atoms with E-state index in [0.717, 1.165) is 51.4 Å². The van der Waals surface area contributed by atoms with Crippen molar-refractivity contribution in [2.24, 2.45) is 47.3 Å². The first-order chi connectivity index (χ1) is 25.1. The molecule has 10 fully saturated rings. The quantitative estimate of drug-likeness (QED) is 0.138. The Morgan fingerprint density at radius 2 is 0.846 bits per heavy atom. The van der Waals surface area contributed by atoms with Crippen LogP contribution in [0.1, 0.15) is 106 Å². The van der Waals surface area contributed by atoms with Crippen molar-refractivity contribution >= 4 is 0 Å². The maximum absolute atomic E-state index is 6.67. The average molecular weight is 739 g/mol. The van der Waals surface area contributed by atoms with Crippen LogP contribution in [-0.4, -0.2) is 100 Å². The summed E-state index contributed by atoms with van der Waals surface area (Å²) in [5.41, 5.74) is -1.01. The summed E-state index contributed by atoms with van der Waals surface area (Å²) in [6.07, 6.45) is 9.38. The van der Waals surface area contributed by atoms with Crippen LogP contribution in [0.4, 0.5) is 0 Å². The van der Waals surface area contributed by atoms with Crippen LogP contribution in [0.25, 0.3) is 0 Å². The van der Waals surface area contributed by atoms with Crippen molar-refractivity contribution in [3.63, 3.8) is 0 Å². The molecule has 4 bridgehead atoms. The lowest BCUT2D eigenvalue weighted by atomic mass is 9.57. The molecule has 2 saturated carbocycles. The van der Waals surface area contributed by atoms with E-state index in [9.17, 15) is 0 Å². The van der Waals surface area contributed by atoms with E-state index in [4.69, 9.17) is 57.4 Å². The first kappa shape index (κ1) is 38.4. The third-order valence-corrected chi connectivity index (χ3v) is 14.8. The summed E-state index contributed by atoms with van der Waals surface area (Å²) in [4.78, 5) is 24.4. The highest BCUT2D eigenvalue weighted by Crippen LogP contribution is 2.62. The van der Waals surface area contributed by atoms with Gasteiger partial charge in [-0.25, -0.2) is 19.6 Å². The van der Waals surface area contributed by atoms with Crippen molar-refractivity contribution in [3.8, 4) is 0 Å². The molecule has 0 radical (unpaired) electrons. The molecule has 0 amide bonds. The van der Waals surface area contributed by atoms with E-state index in [0.29, 0.717) is 100 Å². The highest BCUT2D eigenvalue weighted by atomic mass is 17.3. The summed E-state index contributed by atoms with van der Waals surface area (Å²) in [5.74, 6) is 1.80. The van der Waals surface area contributed by atoms with Crippen LogP contribution in [0.15, 0.2) is 0 Å². The minimum Gasteiger partial charge on any atom is -0.379 e. The van der Waals surface area contributed by atoms with Crippen LogP contribution in [0.2, 0.25) is 0 Å². The molecule has 8 heterocycles. The van der Waals surface area contributed by atoms with Gasteiger partial charge in [-0.15, -0.1) is 0 Å². The Hall–Kier alpha value is -0.480. The SMILES string of the molecule is C[C@H]1[C@@H](CCOCCOCCOCCOCC[C@H]2O[C@@H]3O[C@]4(C)CC[C@H]5[C@H](C)CC[C@@H]([C@H]2C)[C@@]35OO4)O[C@@H]2O[C@]3(C)CC[C@H]4[C@H](C)CC[C@@H]1[C@@]24OO3. The number of rotatable bonds is 15. The molecule has 12 heteroatoms. The van der Waals surface area contributed by atoms with Gasteiger partial charge in [-0.2, -0.15) is 0 Å². The summed E-state index contributed by atoms with van der Waals surface area (Å²) in [5, 5.41) is 0. The van der Waals surface area contributed by atoms with Gasteiger partial charge in [-0.1, -0.05) is 27.7 Å². The lowest BCUT2D eigenvalue weighted by Crippen LogP contribution is -2.70. The van der Waals surface area contributed by atoms with Crippen LogP contribution in [0.3, 0.4) is 0 Å². The zero-order valence-electron chi connectivity index (χ0n) is 32.6. The Morgan fingerprint density at radius 1 is 0.462 bits per heavy atom. The van der Waals surface area contributed by atoms with Gasteiger partial charge in [-0.3, -0.25) is 0 Å². The highest BCUT2D eigenvalue weighted by molar-refractivity contribution is 5.11. The van der Waals surface area contributed by atoms with E-state index < -0.39 is 35.4 Å². The van der Waals surface area contributed by atoms with E-state index in [-0.39, 0.29) is 12.2 Å². The monoisotopic (exact) mass is 738 g/mol. The molecule has 12 nitrogen and oxygen atoms in total. The molecule has 0 aromatic heterocycles. The number of ether oxygens (including phenoxy) is 8. The van der Waals surface area contributed by atoms with Crippen LogP contribution < -0.4 is 0 Å². The Kier molecular flexibility index (Phi) is 11.4. The largest absolute Gasteiger partial charge is 0.379 e. The van der Waals surface area contributed by atoms with E-state index >= 15 is 0 Å². The van der Waals surface area contributed by atoms with Crippen molar-refractivity contribution in [2.75, 3.05) is 52.9 Å². The van der Waals surface area contributed by atoms with Crippen LogP contribution in [0, 0.1) is 47.3 Å². The van der Waals surface area contributed by atoms with E-state index in [1.54, 1.807) is 0 Å². The molecule has 0 aromatic carbocycles. The second kappa shape index (κ2) is 15.5. The minimum atomic E-state index is -0.741. The summed E-state index contributed by atoms with van der Waals surface area (Å²) in [7, 11) is 0. The average Bonchev–Trinajstić information content (AvgIpc) is 3.50. The summed E-state index contributed by atoms with van der Waals surface area (Å²) in [6, 6.07) is 0. The normalized spacial score (nSPS) is 50.7. The zero-order chi connectivity index (χ0) is 36.1. The molecular weight excluding hydrogens is 672 g/mol. The molecule has 0 N–H and O–H groups in total. The van der Waals surface area contributed by atoms with Gasteiger partial charge in [0.1, 0.15) is 0 Å². The van der Waals surface area contributed by atoms with Gasteiger partial charge in [0.2, 0.25) is 11.6 Å². The molecule has 2 aliphatic carbocycles. The first-order valence-corrected chi connectivity index (χ1v) is 20.8. The topological polar surface area (TPSA) is 111 Å². The number of fused-ring (bicyclic) bond motifs is 4. The van der Waals surface area contributed by atoms with E-state index in [1.165, 1.54) is 12.8 Å². The zero-order valence-corrected chi connectivity index (χ0v) is 32.6. The molecule has 2 spiro atoms. The fraction of sp³-hybridized carbons (Fsp3) is 1.00. The fourth-order valence-corrected chi connectivity index (χ4v) is 11.8. The molecule has 0 aromatic rings. The van der Waals surface area contributed by atoms with Gasteiger partial charge in [0, 0.05) is 37.9 Å². The van der Waals surface area contributed by atoms with E-state index in [2.05, 4.69) is 27.7 Å².